The Labute approximate surface area is 101 Å². The molecule has 2 fully saturated rings. The molecule has 0 aromatic carbocycles. The molecule has 0 N–H and O–H groups in total. The van der Waals surface area contributed by atoms with Crippen molar-refractivity contribution < 1.29 is 9.59 Å². The number of aliphatic imine (C=N–C) groups is 2. The first-order valence-electron chi connectivity index (χ1n) is 6.42. The summed E-state index contributed by atoms with van der Waals surface area (Å²) < 4.78 is 0. The second-order valence-corrected chi connectivity index (χ2v) is 5.29. The van der Waals surface area contributed by atoms with Crippen LogP contribution in [0.1, 0.15) is 32.1 Å². The van der Waals surface area contributed by atoms with Crippen LogP contribution in [0.4, 0.5) is 0 Å². The van der Waals surface area contributed by atoms with Crippen LogP contribution in [-0.4, -0.2) is 25.2 Å². The molecule has 0 heterocycles. The van der Waals surface area contributed by atoms with Crippen LogP contribution < -0.4 is 0 Å². The van der Waals surface area contributed by atoms with Gasteiger partial charge in [-0.3, -0.25) is 0 Å². The fourth-order valence-electron chi connectivity index (χ4n) is 3.72. The number of rotatable bonds is 6. The van der Waals surface area contributed by atoms with Crippen LogP contribution in [0, 0.1) is 23.7 Å². The van der Waals surface area contributed by atoms with Gasteiger partial charge in [-0.1, -0.05) is 0 Å². The summed E-state index contributed by atoms with van der Waals surface area (Å²) in [4.78, 5) is 27.3. The van der Waals surface area contributed by atoms with Crippen molar-refractivity contribution in [3.8, 4) is 0 Å². The molecule has 0 aromatic heterocycles. The van der Waals surface area contributed by atoms with Gasteiger partial charge in [0.15, 0.2) is 0 Å². The first-order valence-corrected chi connectivity index (χ1v) is 6.42. The fraction of sp³-hybridized carbons (Fsp3) is 0.846. The van der Waals surface area contributed by atoms with Gasteiger partial charge in [0.2, 0.25) is 12.2 Å². The predicted molar refractivity (Wildman–Crippen MR) is 63.0 cm³/mol. The monoisotopic (exact) mass is 234 g/mol. The molecular formula is C13H18N2O2. The average molecular weight is 234 g/mol. The predicted octanol–water partition coefficient (Wildman–Crippen LogP) is 2.10. The number of hydrogen-bond donors (Lipinski definition) is 0. The third-order valence-corrected chi connectivity index (χ3v) is 4.45. The molecule has 2 aliphatic rings. The molecule has 2 aliphatic carbocycles. The van der Waals surface area contributed by atoms with Gasteiger partial charge in [-0.05, 0) is 55.8 Å². The van der Waals surface area contributed by atoms with E-state index >= 15 is 0 Å². The van der Waals surface area contributed by atoms with Gasteiger partial charge in [-0.25, -0.2) is 19.6 Å². The maximum absolute atomic E-state index is 10.1. The van der Waals surface area contributed by atoms with E-state index in [2.05, 4.69) is 9.98 Å². The minimum atomic E-state index is 0.616. The van der Waals surface area contributed by atoms with Gasteiger partial charge in [0.05, 0.1) is 13.1 Å². The standard InChI is InChI=1S/C13H18N2O2/c16-8-14-3-1-2-10-4-12-5-11(10)6-13(12)7-15-9-17/h10-13H,1-7H2. The molecule has 0 aromatic rings. The lowest BCUT2D eigenvalue weighted by molar-refractivity contribution is 0.248. The highest BCUT2D eigenvalue weighted by atomic mass is 16.1. The molecular weight excluding hydrogens is 216 g/mol. The summed E-state index contributed by atoms with van der Waals surface area (Å²) in [6.07, 6.45) is 9.20. The summed E-state index contributed by atoms with van der Waals surface area (Å²) >= 11 is 0. The molecule has 2 bridgehead atoms. The topological polar surface area (TPSA) is 58.9 Å². The minimum absolute atomic E-state index is 0.616. The van der Waals surface area contributed by atoms with Crippen molar-refractivity contribution in [3.63, 3.8) is 0 Å². The van der Waals surface area contributed by atoms with Gasteiger partial charge in [0.1, 0.15) is 0 Å². The Morgan fingerprint density at radius 1 is 0.941 bits per heavy atom. The number of hydrogen-bond acceptors (Lipinski definition) is 4. The SMILES string of the molecule is O=C=NCCCC1CC2CC1CC2CN=C=O. The van der Waals surface area contributed by atoms with E-state index in [-0.39, 0.29) is 0 Å². The molecule has 0 aliphatic heterocycles. The minimum Gasteiger partial charge on any atom is -0.211 e. The molecule has 92 valence electrons. The first-order chi connectivity index (χ1) is 8.35. The summed E-state index contributed by atoms with van der Waals surface area (Å²) in [6.45, 7) is 1.29. The highest BCUT2D eigenvalue weighted by Crippen LogP contribution is 2.53. The third-order valence-electron chi connectivity index (χ3n) is 4.45. The van der Waals surface area contributed by atoms with Gasteiger partial charge >= 0.3 is 0 Å². The van der Waals surface area contributed by atoms with E-state index in [0.717, 1.165) is 24.2 Å². The van der Waals surface area contributed by atoms with Crippen molar-refractivity contribution in [2.75, 3.05) is 13.1 Å². The second-order valence-electron chi connectivity index (χ2n) is 5.29. The zero-order valence-electron chi connectivity index (χ0n) is 9.97. The molecule has 2 rings (SSSR count). The van der Waals surface area contributed by atoms with E-state index in [9.17, 15) is 9.59 Å². The normalized spacial score (nSPS) is 34.1. The molecule has 17 heavy (non-hydrogen) atoms. The summed E-state index contributed by atoms with van der Waals surface area (Å²) in [5, 5.41) is 0. The largest absolute Gasteiger partial charge is 0.234 e. The quantitative estimate of drug-likeness (QED) is 0.401. The van der Waals surface area contributed by atoms with Crippen molar-refractivity contribution in [1.82, 2.24) is 0 Å². The third kappa shape index (κ3) is 2.91. The van der Waals surface area contributed by atoms with Crippen molar-refractivity contribution in [3.05, 3.63) is 0 Å². The van der Waals surface area contributed by atoms with Crippen LogP contribution in [0.2, 0.25) is 0 Å². The lowest BCUT2D eigenvalue weighted by Crippen LogP contribution is -2.20. The number of carbonyl (C=O) groups excluding carboxylic acids is 2. The first kappa shape index (κ1) is 12.2. The number of nitrogens with zero attached hydrogens (tertiary/aromatic N) is 2. The molecule has 4 heteroatoms. The van der Waals surface area contributed by atoms with Gasteiger partial charge in [-0.2, -0.15) is 0 Å². The average Bonchev–Trinajstić information content (AvgIpc) is 2.91. The van der Waals surface area contributed by atoms with E-state index < -0.39 is 0 Å². The lowest BCUT2D eigenvalue weighted by Gasteiger charge is -2.26. The van der Waals surface area contributed by atoms with E-state index in [1.165, 1.54) is 25.7 Å². The van der Waals surface area contributed by atoms with Crippen molar-refractivity contribution in [2.24, 2.45) is 33.7 Å². The molecule has 0 spiro atoms. The molecule has 4 atom stereocenters. The Morgan fingerprint density at radius 2 is 1.65 bits per heavy atom. The Hall–Kier alpha value is -1.24. The summed E-state index contributed by atoms with van der Waals surface area (Å²) in [6, 6.07) is 0. The smallest absolute Gasteiger partial charge is 0.211 e. The van der Waals surface area contributed by atoms with Crippen LogP contribution in [0.5, 0.6) is 0 Å². The van der Waals surface area contributed by atoms with E-state index in [0.29, 0.717) is 19.0 Å². The molecule has 4 nitrogen and oxygen atoms in total. The van der Waals surface area contributed by atoms with Gasteiger partial charge in [-0.15, -0.1) is 0 Å². The fourth-order valence-corrected chi connectivity index (χ4v) is 3.72. The van der Waals surface area contributed by atoms with Gasteiger partial charge < -0.3 is 0 Å². The Kier molecular flexibility index (Phi) is 4.24. The summed E-state index contributed by atoms with van der Waals surface area (Å²) in [7, 11) is 0. The summed E-state index contributed by atoms with van der Waals surface area (Å²) in [5.74, 6) is 2.99. The Morgan fingerprint density at radius 3 is 2.29 bits per heavy atom. The Balaban J connectivity index is 1.73. The van der Waals surface area contributed by atoms with Gasteiger partial charge in [0, 0.05) is 0 Å². The zero-order valence-corrected chi connectivity index (χ0v) is 9.97. The van der Waals surface area contributed by atoms with E-state index in [4.69, 9.17) is 0 Å². The van der Waals surface area contributed by atoms with Crippen molar-refractivity contribution >= 4 is 12.2 Å². The highest BCUT2D eigenvalue weighted by Gasteiger charge is 2.44. The molecule has 2 saturated carbocycles. The highest BCUT2D eigenvalue weighted by molar-refractivity contribution is 5.33. The van der Waals surface area contributed by atoms with Crippen LogP contribution in [0.3, 0.4) is 0 Å². The Bertz CT molecular complexity index is 356. The number of isocyanates is 2. The maximum atomic E-state index is 10.1. The van der Waals surface area contributed by atoms with E-state index in [1.807, 2.05) is 0 Å². The molecule has 0 saturated heterocycles. The number of fused-ring (bicyclic) bond motifs is 2. The van der Waals surface area contributed by atoms with Gasteiger partial charge in [0.25, 0.3) is 0 Å². The van der Waals surface area contributed by atoms with E-state index in [1.54, 1.807) is 12.2 Å². The summed E-state index contributed by atoms with van der Waals surface area (Å²) in [5.41, 5.74) is 0. The van der Waals surface area contributed by atoms with Crippen LogP contribution in [-0.2, 0) is 9.59 Å². The second kappa shape index (κ2) is 5.90. The van der Waals surface area contributed by atoms with Crippen molar-refractivity contribution in [1.29, 1.82) is 0 Å². The molecule has 0 radical (unpaired) electrons. The van der Waals surface area contributed by atoms with Crippen molar-refractivity contribution in [2.45, 2.75) is 32.1 Å². The molecule has 0 amide bonds. The molecule has 4 unspecified atom stereocenters. The van der Waals surface area contributed by atoms with Crippen LogP contribution >= 0.6 is 0 Å². The van der Waals surface area contributed by atoms with Crippen LogP contribution in [0.25, 0.3) is 0 Å². The van der Waals surface area contributed by atoms with Crippen LogP contribution in [0.15, 0.2) is 9.98 Å². The zero-order chi connectivity index (χ0) is 12.1. The lowest BCUT2D eigenvalue weighted by atomic mass is 9.80. The maximum Gasteiger partial charge on any atom is 0.234 e.